The summed E-state index contributed by atoms with van der Waals surface area (Å²) in [6.07, 6.45) is 1.51. The number of rotatable bonds is 6. The second-order valence-electron chi connectivity index (χ2n) is 5.59. The Kier molecular flexibility index (Phi) is 5.67. The number of halogens is 1. The summed E-state index contributed by atoms with van der Waals surface area (Å²) in [6.45, 7) is 6.88. The Labute approximate surface area is 119 Å². The van der Waals surface area contributed by atoms with E-state index in [4.69, 9.17) is 21.4 Å². The van der Waals surface area contributed by atoms with E-state index in [9.17, 15) is 4.79 Å². The molecule has 0 aliphatic rings. The monoisotopic (exact) mass is 284 g/mol. The highest BCUT2D eigenvalue weighted by Gasteiger charge is 2.15. The third-order valence-corrected chi connectivity index (χ3v) is 3.14. The second kappa shape index (κ2) is 6.80. The Balaban J connectivity index is 2.49. The van der Waals surface area contributed by atoms with Crippen LogP contribution in [0.3, 0.4) is 0 Å². The van der Waals surface area contributed by atoms with Gasteiger partial charge in [0, 0.05) is 6.42 Å². The van der Waals surface area contributed by atoms with Gasteiger partial charge < -0.3 is 9.84 Å². The number of carbonyl (C=O) groups is 1. The molecule has 0 fully saturated rings. The van der Waals surface area contributed by atoms with Crippen LogP contribution in [0.25, 0.3) is 0 Å². The molecule has 0 heterocycles. The van der Waals surface area contributed by atoms with Gasteiger partial charge in [-0.25, -0.2) is 0 Å². The molecule has 3 nitrogen and oxygen atoms in total. The Morgan fingerprint density at radius 3 is 2.53 bits per heavy atom. The Morgan fingerprint density at radius 2 is 2.00 bits per heavy atom. The maximum absolute atomic E-state index is 10.4. The highest BCUT2D eigenvalue weighted by Crippen LogP contribution is 2.31. The van der Waals surface area contributed by atoms with Gasteiger partial charge in [-0.2, -0.15) is 0 Å². The van der Waals surface area contributed by atoms with Crippen LogP contribution in [0, 0.1) is 0 Å². The zero-order valence-electron chi connectivity index (χ0n) is 11.7. The molecule has 0 atom stereocenters. The van der Waals surface area contributed by atoms with Crippen molar-refractivity contribution in [3.63, 3.8) is 0 Å². The van der Waals surface area contributed by atoms with Crippen molar-refractivity contribution in [2.45, 2.75) is 45.4 Å². The summed E-state index contributed by atoms with van der Waals surface area (Å²) < 4.78 is 5.56. The fraction of sp³-hybridized carbons (Fsp3) is 0.533. The van der Waals surface area contributed by atoms with E-state index in [0.717, 1.165) is 5.56 Å². The van der Waals surface area contributed by atoms with Gasteiger partial charge in [0.2, 0.25) is 0 Å². The molecule has 1 aromatic rings. The fourth-order valence-corrected chi connectivity index (χ4v) is 1.88. The van der Waals surface area contributed by atoms with E-state index in [0.29, 0.717) is 30.2 Å². The summed E-state index contributed by atoms with van der Waals surface area (Å²) in [7, 11) is 0. The first-order valence-electron chi connectivity index (χ1n) is 6.45. The van der Waals surface area contributed by atoms with E-state index in [-0.39, 0.29) is 11.8 Å². The Bertz CT molecular complexity index is 436. The lowest BCUT2D eigenvalue weighted by atomic mass is 9.87. The molecule has 0 saturated heterocycles. The van der Waals surface area contributed by atoms with Crippen molar-refractivity contribution in [3.05, 3.63) is 28.8 Å². The molecule has 0 radical (unpaired) electrons. The third-order valence-electron chi connectivity index (χ3n) is 2.84. The SMILES string of the molecule is CC(C)(C)c1ccc(OCCCCC(=O)O)c(Cl)c1. The molecule has 0 saturated carbocycles. The molecule has 0 aromatic heterocycles. The van der Waals surface area contributed by atoms with Crippen molar-refractivity contribution in [1.82, 2.24) is 0 Å². The Hall–Kier alpha value is -1.22. The number of hydrogen-bond donors (Lipinski definition) is 1. The van der Waals surface area contributed by atoms with Crippen LogP contribution in [0.4, 0.5) is 0 Å². The maximum atomic E-state index is 10.4. The van der Waals surface area contributed by atoms with Gasteiger partial charge in [0.05, 0.1) is 11.6 Å². The first-order chi connectivity index (χ1) is 8.80. The molecule has 0 amide bonds. The minimum atomic E-state index is -0.771. The van der Waals surface area contributed by atoms with E-state index < -0.39 is 5.97 Å². The van der Waals surface area contributed by atoms with E-state index in [1.54, 1.807) is 0 Å². The molecular formula is C15H21ClO3. The largest absolute Gasteiger partial charge is 0.492 e. The van der Waals surface area contributed by atoms with E-state index in [2.05, 4.69) is 20.8 Å². The summed E-state index contributed by atoms with van der Waals surface area (Å²) in [4.78, 5) is 10.4. The van der Waals surface area contributed by atoms with Crippen molar-refractivity contribution >= 4 is 17.6 Å². The van der Waals surface area contributed by atoms with Gasteiger partial charge in [0.25, 0.3) is 0 Å². The van der Waals surface area contributed by atoms with Crippen LogP contribution in [0.15, 0.2) is 18.2 Å². The number of carboxylic acids is 1. The summed E-state index contributed by atoms with van der Waals surface area (Å²) in [5, 5.41) is 9.12. The molecule has 19 heavy (non-hydrogen) atoms. The van der Waals surface area contributed by atoms with Crippen LogP contribution in [0.5, 0.6) is 5.75 Å². The molecule has 0 spiro atoms. The summed E-state index contributed by atoms with van der Waals surface area (Å²) in [5.74, 6) is -0.113. The molecule has 0 unspecified atom stereocenters. The number of ether oxygens (including phenoxy) is 1. The van der Waals surface area contributed by atoms with Crippen LogP contribution in [-0.2, 0) is 10.2 Å². The highest BCUT2D eigenvalue weighted by atomic mass is 35.5. The van der Waals surface area contributed by atoms with Crippen LogP contribution >= 0.6 is 11.6 Å². The van der Waals surface area contributed by atoms with E-state index in [1.165, 1.54) is 0 Å². The normalized spacial score (nSPS) is 11.4. The van der Waals surface area contributed by atoms with Crippen LogP contribution < -0.4 is 4.74 Å². The molecule has 4 heteroatoms. The average Bonchev–Trinajstić information content (AvgIpc) is 2.28. The quantitative estimate of drug-likeness (QED) is 0.794. The summed E-state index contributed by atoms with van der Waals surface area (Å²) in [6, 6.07) is 5.81. The van der Waals surface area contributed by atoms with Gasteiger partial charge in [-0.1, -0.05) is 38.4 Å². The maximum Gasteiger partial charge on any atom is 0.303 e. The minimum Gasteiger partial charge on any atom is -0.492 e. The molecule has 106 valence electrons. The number of unbranched alkanes of at least 4 members (excludes halogenated alkanes) is 1. The number of benzene rings is 1. The van der Waals surface area contributed by atoms with E-state index >= 15 is 0 Å². The van der Waals surface area contributed by atoms with Crippen LogP contribution in [0.1, 0.15) is 45.6 Å². The number of aliphatic carboxylic acids is 1. The van der Waals surface area contributed by atoms with Gasteiger partial charge in [-0.05, 0) is 36.0 Å². The van der Waals surface area contributed by atoms with Crippen LogP contribution in [-0.4, -0.2) is 17.7 Å². The predicted molar refractivity (Wildman–Crippen MR) is 77.1 cm³/mol. The van der Waals surface area contributed by atoms with Crippen LogP contribution in [0.2, 0.25) is 5.02 Å². The molecule has 0 bridgehead atoms. The molecule has 1 N–H and O–H groups in total. The van der Waals surface area contributed by atoms with E-state index in [1.807, 2.05) is 18.2 Å². The highest BCUT2D eigenvalue weighted by molar-refractivity contribution is 6.32. The van der Waals surface area contributed by atoms with Crippen molar-refractivity contribution in [1.29, 1.82) is 0 Å². The molecule has 0 aliphatic heterocycles. The molecule has 1 rings (SSSR count). The molecular weight excluding hydrogens is 264 g/mol. The summed E-state index contributed by atoms with van der Waals surface area (Å²) in [5.41, 5.74) is 1.22. The fourth-order valence-electron chi connectivity index (χ4n) is 1.64. The van der Waals surface area contributed by atoms with Crippen molar-refractivity contribution in [3.8, 4) is 5.75 Å². The predicted octanol–water partition coefficient (Wildman–Crippen LogP) is 4.27. The van der Waals surface area contributed by atoms with Crippen molar-refractivity contribution in [2.75, 3.05) is 6.61 Å². The second-order valence-corrected chi connectivity index (χ2v) is 6.00. The topological polar surface area (TPSA) is 46.5 Å². The van der Waals surface area contributed by atoms with Gasteiger partial charge in [-0.3, -0.25) is 4.79 Å². The van der Waals surface area contributed by atoms with Crippen molar-refractivity contribution < 1.29 is 14.6 Å². The van der Waals surface area contributed by atoms with Gasteiger partial charge in [-0.15, -0.1) is 0 Å². The standard InChI is InChI=1S/C15H21ClO3/c1-15(2,3)11-7-8-13(12(16)10-11)19-9-5-4-6-14(17)18/h7-8,10H,4-6,9H2,1-3H3,(H,17,18). The minimum absolute atomic E-state index is 0.0592. The molecule has 1 aromatic carbocycles. The number of hydrogen-bond acceptors (Lipinski definition) is 2. The first kappa shape index (κ1) is 15.8. The zero-order valence-corrected chi connectivity index (χ0v) is 12.5. The van der Waals surface area contributed by atoms with Gasteiger partial charge >= 0.3 is 5.97 Å². The lowest BCUT2D eigenvalue weighted by molar-refractivity contribution is -0.137. The number of carboxylic acid groups (broad SMARTS) is 1. The van der Waals surface area contributed by atoms with Gasteiger partial charge in [0.15, 0.2) is 0 Å². The summed E-state index contributed by atoms with van der Waals surface area (Å²) >= 11 is 6.18. The lowest BCUT2D eigenvalue weighted by Gasteiger charge is -2.20. The first-order valence-corrected chi connectivity index (χ1v) is 6.83. The average molecular weight is 285 g/mol. The van der Waals surface area contributed by atoms with Gasteiger partial charge in [0.1, 0.15) is 5.75 Å². The zero-order chi connectivity index (χ0) is 14.5. The lowest BCUT2D eigenvalue weighted by Crippen LogP contribution is -2.11. The smallest absolute Gasteiger partial charge is 0.303 e. The third kappa shape index (κ3) is 5.52. The molecule has 0 aliphatic carbocycles. The Morgan fingerprint density at radius 1 is 1.32 bits per heavy atom. The van der Waals surface area contributed by atoms with Crippen molar-refractivity contribution in [2.24, 2.45) is 0 Å².